The molecule has 3 nitrogen and oxygen atoms in total. The molecule has 1 saturated carbocycles. The molecule has 1 aliphatic carbocycles. The summed E-state index contributed by atoms with van der Waals surface area (Å²) in [5, 5.41) is 1.62. The Balaban J connectivity index is 2.07. The van der Waals surface area contributed by atoms with E-state index in [-0.39, 0.29) is 5.69 Å². The third-order valence-electron chi connectivity index (χ3n) is 4.41. The molecule has 0 radical (unpaired) electrons. The highest BCUT2D eigenvalue weighted by Gasteiger charge is 2.24. The van der Waals surface area contributed by atoms with E-state index in [9.17, 15) is 4.79 Å². The van der Waals surface area contributed by atoms with Crippen molar-refractivity contribution in [1.82, 2.24) is 9.55 Å². The maximum absolute atomic E-state index is 12.6. The van der Waals surface area contributed by atoms with Gasteiger partial charge in [0.1, 0.15) is 0 Å². The lowest BCUT2D eigenvalue weighted by atomic mass is 10.0. The normalized spacial score (nSPS) is 14.3. The van der Waals surface area contributed by atoms with Gasteiger partial charge in [-0.15, -0.1) is 0 Å². The monoisotopic (exact) mass is 324 g/mol. The maximum atomic E-state index is 12.6. The third-order valence-corrected chi connectivity index (χ3v) is 4.63. The molecule has 1 aromatic heterocycles. The van der Waals surface area contributed by atoms with Crippen molar-refractivity contribution in [2.45, 2.75) is 26.3 Å². The topological polar surface area (TPSA) is 34.9 Å². The second-order valence-corrected chi connectivity index (χ2v) is 6.72. The minimum atomic E-state index is -0.173. The van der Waals surface area contributed by atoms with Gasteiger partial charge in [-0.3, -0.25) is 4.57 Å². The Bertz CT molecular complexity index is 943. The molecule has 0 saturated heterocycles. The van der Waals surface area contributed by atoms with Crippen LogP contribution in [0, 0.1) is 12.8 Å². The second-order valence-electron chi connectivity index (χ2n) is 6.28. The minimum absolute atomic E-state index is 0.173. The molecule has 23 heavy (non-hydrogen) atoms. The van der Waals surface area contributed by atoms with E-state index in [0.29, 0.717) is 16.6 Å². The largest absolute Gasteiger partial charge is 0.348 e. The number of halogens is 1. The van der Waals surface area contributed by atoms with Gasteiger partial charge in [0.15, 0.2) is 0 Å². The van der Waals surface area contributed by atoms with Crippen molar-refractivity contribution < 1.29 is 0 Å². The highest BCUT2D eigenvalue weighted by Crippen LogP contribution is 2.34. The number of hydrogen-bond acceptors (Lipinski definition) is 2. The first-order valence-electron chi connectivity index (χ1n) is 7.89. The molecule has 0 bridgehead atoms. The number of fused-ring (bicyclic) bond motifs is 1. The van der Waals surface area contributed by atoms with Gasteiger partial charge >= 0.3 is 5.69 Å². The fourth-order valence-electron chi connectivity index (χ4n) is 3.13. The van der Waals surface area contributed by atoms with Crippen LogP contribution in [0.15, 0.2) is 47.3 Å². The predicted molar refractivity (Wildman–Crippen MR) is 93.9 cm³/mol. The van der Waals surface area contributed by atoms with Gasteiger partial charge in [0.05, 0.1) is 11.2 Å². The summed E-state index contributed by atoms with van der Waals surface area (Å²) < 4.78 is 1.82. The molecule has 0 N–H and O–H groups in total. The summed E-state index contributed by atoms with van der Waals surface area (Å²) in [4.78, 5) is 17.0. The zero-order valence-electron chi connectivity index (χ0n) is 12.9. The van der Waals surface area contributed by atoms with E-state index < -0.39 is 0 Å². The van der Waals surface area contributed by atoms with E-state index in [1.165, 1.54) is 12.8 Å². The molecule has 0 unspecified atom stereocenters. The molecule has 0 spiro atoms. The fourth-order valence-corrected chi connectivity index (χ4v) is 3.40. The summed E-state index contributed by atoms with van der Waals surface area (Å²) in [6, 6.07) is 13.7. The molecular formula is C19H17ClN2O. The van der Waals surface area contributed by atoms with Crippen molar-refractivity contribution in [3.05, 3.63) is 63.5 Å². The smallest absolute Gasteiger partial charge is 0.291 e. The molecule has 0 aliphatic heterocycles. The summed E-state index contributed by atoms with van der Waals surface area (Å²) >= 11 is 6.28. The van der Waals surface area contributed by atoms with Gasteiger partial charge in [-0.2, -0.15) is 4.98 Å². The number of rotatable bonds is 3. The fraction of sp³-hybridized carbons (Fsp3) is 0.263. The molecule has 0 amide bonds. The summed E-state index contributed by atoms with van der Waals surface area (Å²) in [7, 11) is 0. The van der Waals surface area contributed by atoms with Crippen LogP contribution in [0.2, 0.25) is 5.02 Å². The van der Waals surface area contributed by atoms with E-state index >= 15 is 0 Å². The Morgan fingerprint density at radius 1 is 1.22 bits per heavy atom. The lowest BCUT2D eigenvalue weighted by molar-refractivity contribution is 0.613. The molecule has 1 fully saturated rings. The first-order valence-corrected chi connectivity index (χ1v) is 8.27. The van der Waals surface area contributed by atoms with Crippen LogP contribution >= 0.6 is 11.6 Å². The highest BCUT2D eigenvalue weighted by molar-refractivity contribution is 6.31. The Hall–Kier alpha value is -2.13. The molecule has 1 heterocycles. The van der Waals surface area contributed by atoms with Gasteiger partial charge in [0, 0.05) is 22.5 Å². The Labute approximate surface area is 139 Å². The van der Waals surface area contributed by atoms with Crippen LogP contribution < -0.4 is 5.69 Å². The minimum Gasteiger partial charge on any atom is -0.291 e. The van der Waals surface area contributed by atoms with E-state index in [1.54, 1.807) is 0 Å². The van der Waals surface area contributed by atoms with Gasteiger partial charge in [-0.1, -0.05) is 41.9 Å². The number of benzene rings is 2. The second kappa shape index (κ2) is 5.50. The van der Waals surface area contributed by atoms with Crippen LogP contribution in [-0.2, 0) is 6.54 Å². The van der Waals surface area contributed by atoms with Crippen LogP contribution in [0.4, 0.5) is 0 Å². The van der Waals surface area contributed by atoms with Gasteiger partial charge in [0.25, 0.3) is 0 Å². The molecule has 3 aromatic rings. The molecule has 1 aliphatic rings. The molecular weight excluding hydrogens is 308 g/mol. The first kappa shape index (κ1) is 14.5. The predicted octanol–water partition coefficient (Wildman–Crippen LogP) is 4.44. The summed E-state index contributed by atoms with van der Waals surface area (Å²) in [6.07, 6.45) is 2.39. The zero-order valence-corrected chi connectivity index (χ0v) is 13.7. The lowest BCUT2D eigenvalue weighted by Crippen LogP contribution is -2.25. The van der Waals surface area contributed by atoms with E-state index in [0.717, 1.165) is 28.6 Å². The Kier molecular flexibility index (Phi) is 3.46. The van der Waals surface area contributed by atoms with Crippen molar-refractivity contribution in [2.24, 2.45) is 5.92 Å². The van der Waals surface area contributed by atoms with Gasteiger partial charge in [0.2, 0.25) is 0 Å². The van der Waals surface area contributed by atoms with E-state index in [4.69, 9.17) is 11.6 Å². The molecule has 4 rings (SSSR count). The maximum Gasteiger partial charge on any atom is 0.348 e. The van der Waals surface area contributed by atoms with E-state index in [1.807, 2.05) is 54.0 Å². The van der Waals surface area contributed by atoms with Crippen LogP contribution in [0.5, 0.6) is 0 Å². The van der Waals surface area contributed by atoms with Crippen molar-refractivity contribution in [3.63, 3.8) is 0 Å². The summed E-state index contributed by atoms with van der Waals surface area (Å²) in [6.45, 7) is 2.76. The van der Waals surface area contributed by atoms with Gasteiger partial charge in [-0.25, -0.2) is 4.79 Å². The summed E-state index contributed by atoms with van der Waals surface area (Å²) in [5.41, 5.74) is 3.46. The molecule has 4 heteroatoms. The number of hydrogen-bond donors (Lipinski definition) is 0. The number of aryl methyl sites for hydroxylation is 1. The Morgan fingerprint density at radius 3 is 2.65 bits per heavy atom. The third kappa shape index (κ3) is 2.66. The average Bonchev–Trinajstić information content (AvgIpc) is 3.34. The zero-order chi connectivity index (χ0) is 16.0. The molecule has 0 atom stereocenters. The Morgan fingerprint density at radius 2 is 1.96 bits per heavy atom. The van der Waals surface area contributed by atoms with Gasteiger partial charge < -0.3 is 0 Å². The highest BCUT2D eigenvalue weighted by atomic mass is 35.5. The quantitative estimate of drug-likeness (QED) is 0.714. The lowest BCUT2D eigenvalue weighted by Gasteiger charge is -2.15. The van der Waals surface area contributed by atoms with Crippen LogP contribution in [0.25, 0.3) is 22.2 Å². The van der Waals surface area contributed by atoms with Crippen molar-refractivity contribution in [1.29, 1.82) is 0 Å². The van der Waals surface area contributed by atoms with Crippen molar-refractivity contribution in [2.75, 3.05) is 0 Å². The first-order chi connectivity index (χ1) is 11.1. The average molecular weight is 325 g/mol. The van der Waals surface area contributed by atoms with Crippen LogP contribution in [-0.4, -0.2) is 9.55 Å². The SMILES string of the molecule is Cc1cc(Cl)cc2c(-c3ccccc3)nc(=O)n(CC3CC3)c12. The molecule has 116 valence electrons. The standard InChI is InChI=1S/C19H17ClN2O/c1-12-9-15(20)10-16-17(14-5-3-2-4-6-14)21-19(23)22(18(12)16)11-13-7-8-13/h2-6,9-10,13H,7-8,11H2,1H3. The van der Waals surface area contributed by atoms with E-state index in [2.05, 4.69) is 4.98 Å². The summed E-state index contributed by atoms with van der Waals surface area (Å²) in [5.74, 6) is 0.607. The van der Waals surface area contributed by atoms with Crippen LogP contribution in [0.1, 0.15) is 18.4 Å². The van der Waals surface area contributed by atoms with Crippen molar-refractivity contribution in [3.8, 4) is 11.3 Å². The van der Waals surface area contributed by atoms with Crippen LogP contribution in [0.3, 0.4) is 0 Å². The van der Waals surface area contributed by atoms with Crippen molar-refractivity contribution >= 4 is 22.5 Å². The van der Waals surface area contributed by atoms with Gasteiger partial charge in [-0.05, 0) is 43.4 Å². The molecule has 2 aromatic carbocycles. The number of aromatic nitrogens is 2. The number of nitrogens with zero attached hydrogens (tertiary/aromatic N) is 2.